The van der Waals surface area contributed by atoms with Gasteiger partial charge in [0.05, 0.1) is 4.34 Å². The molecule has 90 valence electrons. The minimum Gasteiger partial charge on any atom is -0.485 e. The Morgan fingerprint density at radius 1 is 1.29 bits per heavy atom. The molecule has 0 aliphatic carbocycles. The average Bonchev–Trinajstić information content (AvgIpc) is 2.73. The van der Waals surface area contributed by atoms with Crippen molar-refractivity contribution in [2.24, 2.45) is 5.73 Å². The van der Waals surface area contributed by atoms with Crippen LogP contribution in [-0.4, -0.2) is 0 Å². The first-order chi connectivity index (χ1) is 8.19. The molecule has 1 aromatic carbocycles. The summed E-state index contributed by atoms with van der Waals surface area (Å²) in [6.07, 6.45) is 0. The van der Waals surface area contributed by atoms with E-state index in [4.69, 9.17) is 22.1 Å². The van der Waals surface area contributed by atoms with Crippen molar-refractivity contribution in [2.75, 3.05) is 0 Å². The molecule has 0 amide bonds. The zero-order valence-corrected chi connectivity index (χ0v) is 10.5. The number of thiophene rings is 1. The van der Waals surface area contributed by atoms with Gasteiger partial charge in [-0.25, -0.2) is 4.39 Å². The molecule has 0 fully saturated rings. The molecule has 0 bridgehead atoms. The number of rotatable bonds is 4. The van der Waals surface area contributed by atoms with Gasteiger partial charge in [0, 0.05) is 11.4 Å². The van der Waals surface area contributed by atoms with E-state index >= 15 is 0 Å². The molecule has 2 aromatic rings. The highest BCUT2D eigenvalue weighted by atomic mass is 35.5. The summed E-state index contributed by atoms with van der Waals surface area (Å²) in [4.78, 5) is 0.956. The standard InChI is InChI=1S/C12H11ClFNOS/c13-12-4-2-9(17-12)7-16-11-3-1-8(6-15)5-10(11)14/h1-5H,6-7,15H2. The number of benzene rings is 1. The SMILES string of the molecule is NCc1ccc(OCc2ccc(Cl)s2)c(F)c1. The highest BCUT2D eigenvalue weighted by Crippen LogP contribution is 2.24. The lowest BCUT2D eigenvalue weighted by Gasteiger charge is -2.06. The van der Waals surface area contributed by atoms with Gasteiger partial charge in [0.25, 0.3) is 0 Å². The summed E-state index contributed by atoms with van der Waals surface area (Å²) >= 11 is 7.21. The Balaban J connectivity index is 2.04. The van der Waals surface area contributed by atoms with Crippen LogP contribution in [0.5, 0.6) is 5.75 Å². The van der Waals surface area contributed by atoms with Gasteiger partial charge in [0.15, 0.2) is 11.6 Å². The Kier molecular flexibility index (Phi) is 3.99. The zero-order valence-electron chi connectivity index (χ0n) is 8.95. The first-order valence-electron chi connectivity index (χ1n) is 5.04. The smallest absolute Gasteiger partial charge is 0.165 e. The number of hydrogen-bond acceptors (Lipinski definition) is 3. The normalized spacial score (nSPS) is 10.5. The Labute approximate surface area is 108 Å². The van der Waals surface area contributed by atoms with Gasteiger partial charge in [-0.3, -0.25) is 0 Å². The molecule has 2 nitrogen and oxygen atoms in total. The zero-order chi connectivity index (χ0) is 12.3. The summed E-state index contributed by atoms with van der Waals surface area (Å²) in [7, 11) is 0. The number of halogens is 2. The van der Waals surface area contributed by atoms with Crippen molar-refractivity contribution in [3.05, 3.63) is 50.9 Å². The summed E-state index contributed by atoms with van der Waals surface area (Å²) in [5.41, 5.74) is 6.16. The summed E-state index contributed by atoms with van der Waals surface area (Å²) < 4.78 is 19.6. The number of ether oxygens (including phenoxy) is 1. The van der Waals surface area contributed by atoms with Crippen LogP contribution in [0.25, 0.3) is 0 Å². The van der Waals surface area contributed by atoms with Gasteiger partial charge in [-0.05, 0) is 29.8 Å². The largest absolute Gasteiger partial charge is 0.485 e. The molecule has 0 atom stereocenters. The summed E-state index contributed by atoms with van der Waals surface area (Å²) in [5, 5.41) is 0. The maximum absolute atomic E-state index is 13.5. The fraction of sp³-hybridized carbons (Fsp3) is 0.167. The van der Waals surface area contributed by atoms with Crippen LogP contribution in [0.3, 0.4) is 0 Å². The van der Waals surface area contributed by atoms with Gasteiger partial charge in [-0.15, -0.1) is 11.3 Å². The Morgan fingerprint density at radius 2 is 2.12 bits per heavy atom. The summed E-state index contributed by atoms with van der Waals surface area (Å²) in [6.45, 7) is 0.633. The molecule has 0 radical (unpaired) electrons. The van der Waals surface area contributed by atoms with Crippen LogP contribution >= 0.6 is 22.9 Å². The van der Waals surface area contributed by atoms with Crippen molar-refractivity contribution >= 4 is 22.9 Å². The van der Waals surface area contributed by atoms with Crippen LogP contribution in [0.4, 0.5) is 4.39 Å². The first-order valence-corrected chi connectivity index (χ1v) is 6.24. The number of nitrogens with two attached hydrogens (primary N) is 1. The maximum atomic E-state index is 13.5. The monoisotopic (exact) mass is 271 g/mol. The van der Waals surface area contributed by atoms with Crippen molar-refractivity contribution < 1.29 is 9.13 Å². The molecule has 0 aliphatic rings. The molecule has 0 saturated carbocycles. The van der Waals surface area contributed by atoms with Gasteiger partial charge in [-0.2, -0.15) is 0 Å². The molecular weight excluding hydrogens is 261 g/mol. The fourth-order valence-electron chi connectivity index (χ4n) is 1.37. The van der Waals surface area contributed by atoms with Crippen LogP contribution in [0.1, 0.15) is 10.4 Å². The van der Waals surface area contributed by atoms with E-state index in [9.17, 15) is 4.39 Å². The minimum atomic E-state index is -0.393. The summed E-state index contributed by atoms with van der Waals surface area (Å²) in [5.74, 6) is -0.165. The van der Waals surface area contributed by atoms with E-state index in [1.165, 1.54) is 17.4 Å². The minimum absolute atomic E-state index is 0.228. The average molecular weight is 272 g/mol. The molecule has 5 heteroatoms. The van der Waals surface area contributed by atoms with Crippen LogP contribution in [0.2, 0.25) is 4.34 Å². The Hall–Kier alpha value is -1.10. The van der Waals surface area contributed by atoms with E-state index in [0.29, 0.717) is 17.5 Å². The van der Waals surface area contributed by atoms with E-state index in [0.717, 1.165) is 10.4 Å². The van der Waals surface area contributed by atoms with Gasteiger partial charge < -0.3 is 10.5 Å². The van der Waals surface area contributed by atoms with E-state index in [1.54, 1.807) is 18.2 Å². The van der Waals surface area contributed by atoms with Gasteiger partial charge in [0.1, 0.15) is 6.61 Å². The predicted octanol–water partition coefficient (Wildman–Crippen LogP) is 3.58. The second-order valence-corrected chi connectivity index (χ2v) is 5.26. The van der Waals surface area contributed by atoms with Crippen molar-refractivity contribution in [3.8, 4) is 5.75 Å². The van der Waals surface area contributed by atoms with Crippen molar-refractivity contribution in [1.29, 1.82) is 0 Å². The molecule has 0 aliphatic heterocycles. The third-order valence-corrected chi connectivity index (χ3v) is 3.44. The molecular formula is C12H11ClFNOS. The fourth-order valence-corrected chi connectivity index (χ4v) is 2.37. The lowest BCUT2D eigenvalue weighted by atomic mass is 10.2. The van der Waals surface area contributed by atoms with Crippen molar-refractivity contribution in [1.82, 2.24) is 0 Å². The third kappa shape index (κ3) is 3.19. The van der Waals surface area contributed by atoms with E-state index in [-0.39, 0.29) is 5.75 Å². The molecule has 0 unspecified atom stereocenters. The molecule has 2 rings (SSSR count). The number of hydrogen-bond donors (Lipinski definition) is 1. The van der Waals surface area contributed by atoms with E-state index < -0.39 is 5.82 Å². The molecule has 2 N–H and O–H groups in total. The van der Waals surface area contributed by atoms with Crippen LogP contribution in [-0.2, 0) is 13.2 Å². The van der Waals surface area contributed by atoms with Gasteiger partial charge in [-0.1, -0.05) is 17.7 Å². The molecule has 0 saturated heterocycles. The second-order valence-electron chi connectivity index (χ2n) is 3.46. The van der Waals surface area contributed by atoms with Crippen LogP contribution in [0.15, 0.2) is 30.3 Å². The molecule has 1 aromatic heterocycles. The lowest BCUT2D eigenvalue weighted by molar-refractivity contribution is 0.293. The van der Waals surface area contributed by atoms with E-state index in [2.05, 4.69) is 0 Å². The van der Waals surface area contributed by atoms with Crippen molar-refractivity contribution in [2.45, 2.75) is 13.2 Å². The molecule has 0 spiro atoms. The van der Waals surface area contributed by atoms with E-state index in [1.807, 2.05) is 6.07 Å². The quantitative estimate of drug-likeness (QED) is 0.922. The van der Waals surface area contributed by atoms with Crippen LogP contribution in [0, 0.1) is 5.82 Å². The highest BCUT2D eigenvalue weighted by molar-refractivity contribution is 7.16. The first kappa shape index (κ1) is 12.4. The van der Waals surface area contributed by atoms with Gasteiger partial charge >= 0.3 is 0 Å². The second kappa shape index (κ2) is 5.49. The third-order valence-electron chi connectivity index (χ3n) is 2.23. The molecule has 1 heterocycles. The highest BCUT2D eigenvalue weighted by Gasteiger charge is 2.05. The topological polar surface area (TPSA) is 35.2 Å². The summed E-state index contributed by atoms with van der Waals surface area (Å²) in [6, 6.07) is 8.38. The maximum Gasteiger partial charge on any atom is 0.165 e. The molecule has 17 heavy (non-hydrogen) atoms. The van der Waals surface area contributed by atoms with Gasteiger partial charge in [0.2, 0.25) is 0 Å². The van der Waals surface area contributed by atoms with Crippen LogP contribution < -0.4 is 10.5 Å². The Bertz CT molecular complexity index is 515. The van der Waals surface area contributed by atoms with Crippen molar-refractivity contribution in [3.63, 3.8) is 0 Å². The predicted molar refractivity (Wildman–Crippen MR) is 68.0 cm³/mol. The lowest BCUT2D eigenvalue weighted by Crippen LogP contribution is -1.99. The Morgan fingerprint density at radius 3 is 2.71 bits per heavy atom.